The number of ether oxygens (including phenoxy) is 2. The molecule has 0 aliphatic rings. The van der Waals surface area contributed by atoms with E-state index in [1.807, 2.05) is 0 Å². The first-order valence-electron chi connectivity index (χ1n) is 5.71. The van der Waals surface area contributed by atoms with Crippen LogP contribution in [-0.4, -0.2) is 7.11 Å². The quantitative estimate of drug-likeness (QED) is 0.762. The highest BCUT2D eigenvalue weighted by Gasteiger charge is 2.11. The molecule has 2 aromatic carbocycles. The number of halogens is 3. The van der Waals surface area contributed by atoms with Gasteiger partial charge in [0, 0.05) is 11.3 Å². The maximum Gasteiger partial charge on any atom is 0.135 e. The molecule has 0 heterocycles. The van der Waals surface area contributed by atoms with Crippen LogP contribution in [0.3, 0.4) is 0 Å². The SMILES string of the molecule is COc1cc(Br)c(OCc2c(N)cccc2F)cc1Br. The molecule has 0 atom stereocenters. The third-order valence-electron chi connectivity index (χ3n) is 2.73. The third-order valence-corrected chi connectivity index (χ3v) is 3.97. The average Bonchev–Trinajstić information content (AvgIpc) is 2.41. The predicted octanol–water partition coefficient (Wildman–Crippen LogP) is 4.52. The summed E-state index contributed by atoms with van der Waals surface area (Å²) in [5, 5.41) is 0. The number of benzene rings is 2. The molecule has 0 saturated heterocycles. The van der Waals surface area contributed by atoms with Crippen molar-refractivity contribution < 1.29 is 13.9 Å². The fourth-order valence-corrected chi connectivity index (χ4v) is 2.58. The van der Waals surface area contributed by atoms with E-state index in [9.17, 15) is 4.39 Å². The monoisotopic (exact) mass is 403 g/mol. The van der Waals surface area contributed by atoms with Gasteiger partial charge >= 0.3 is 0 Å². The zero-order valence-electron chi connectivity index (χ0n) is 10.6. The highest BCUT2D eigenvalue weighted by Crippen LogP contribution is 2.36. The summed E-state index contributed by atoms with van der Waals surface area (Å²) in [5.74, 6) is 0.864. The molecule has 0 amide bonds. The van der Waals surface area contributed by atoms with E-state index in [2.05, 4.69) is 31.9 Å². The van der Waals surface area contributed by atoms with Gasteiger partial charge < -0.3 is 15.2 Å². The summed E-state index contributed by atoms with van der Waals surface area (Å²) < 4.78 is 25.9. The zero-order valence-corrected chi connectivity index (χ0v) is 13.8. The fourth-order valence-electron chi connectivity index (χ4n) is 1.65. The molecule has 3 nitrogen and oxygen atoms in total. The lowest BCUT2D eigenvalue weighted by Crippen LogP contribution is -2.03. The number of methoxy groups -OCH3 is 1. The van der Waals surface area contributed by atoms with Crippen LogP contribution < -0.4 is 15.2 Å². The Kier molecular flexibility index (Phi) is 4.88. The van der Waals surface area contributed by atoms with Crippen LogP contribution in [0.5, 0.6) is 11.5 Å². The summed E-state index contributed by atoms with van der Waals surface area (Å²) in [7, 11) is 1.58. The van der Waals surface area contributed by atoms with E-state index in [0.29, 0.717) is 27.2 Å². The summed E-state index contributed by atoms with van der Waals surface area (Å²) >= 11 is 6.75. The Morgan fingerprint density at radius 2 is 1.80 bits per heavy atom. The van der Waals surface area contributed by atoms with Gasteiger partial charge in [-0.25, -0.2) is 4.39 Å². The molecule has 0 radical (unpaired) electrons. The van der Waals surface area contributed by atoms with Crippen molar-refractivity contribution in [2.24, 2.45) is 0 Å². The fraction of sp³-hybridized carbons (Fsp3) is 0.143. The van der Waals surface area contributed by atoms with Gasteiger partial charge in [-0.1, -0.05) is 6.07 Å². The molecule has 0 aliphatic heterocycles. The van der Waals surface area contributed by atoms with E-state index >= 15 is 0 Å². The van der Waals surface area contributed by atoms with E-state index < -0.39 is 0 Å². The van der Waals surface area contributed by atoms with Crippen LogP contribution in [0.2, 0.25) is 0 Å². The standard InChI is InChI=1S/C14H12Br2FNO2/c1-19-13-5-10(16)14(6-9(13)15)20-7-8-11(17)3-2-4-12(8)18/h2-6H,7,18H2,1H3. The van der Waals surface area contributed by atoms with Crippen LogP contribution in [0.1, 0.15) is 5.56 Å². The molecule has 0 saturated carbocycles. The van der Waals surface area contributed by atoms with Gasteiger partial charge in [0.2, 0.25) is 0 Å². The highest BCUT2D eigenvalue weighted by molar-refractivity contribution is 9.11. The zero-order chi connectivity index (χ0) is 14.7. The van der Waals surface area contributed by atoms with Crippen molar-refractivity contribution in [3.8, 4) is 11.5 Å². The van der Waals surface area contributed by atoms with Gasteiger partial charge in [0.25, 0.3) is 0 Å². The minimum absolute atomic E-state index is 0.0515. The molecule has 0 fully saturated rings. The third kappa shape index (κ3) is 3.24. The van der Waals surface area contributed by atoms with E-state index in [1.54, 1.807) is 31.4 Å². The Morgan fingerprint density at radius 3 is 2.45 bits per heavy atom. The largest absolute Gasteiger partial charge is 0.496 e. The smallest absolute Gasteiger partial charge is 0.135 e. The molecule has 0 bridgehead atoms. The summed E-state index contributed by atoms with van der Waals surface area (Å²) in [6, 6.07) is 8.08. The second-order valence-electron chi connectivity index (χ2n) is 4.01. The van der Waals surface area contributed by atoms with E-state index in [4.69, 9.17) is 15.2 Å². The Balaban J connectivity index is 2.21. The van der Waals surface area contributed by atoms with Gasteiger partial charge in [-0.3, -0.25) is 0 Å². The number of rotatable bonds is 4. The molecule has 6 heteroatoms. The van der Waals surface area contributed by atoms with Crippen LogP contribution in [0.15, 0.2) is 39.3 Å². The number of anilines is 1. The Bertz CT molecular complexity index is 615. The van der Waals surface area contributed by atoms with E-state index in [0.717, 1.165) is 4.47 Å². The van der Waals surface area contributed by atoms with Crippen LogP contribution in [-0.2, 0) is 6.61 Å². The van der Waals surface area contributed by atoms with Crippen molar-refractivity contribution in [2.45, 2.75) is 6.61 Å². The van der Waals surface area contributed by atoms with Crippen molar-refractivity contribution in [2.75, 3.05) is 12.8 Å². The second kappa shape index (κ2) is 6.45. The topological polar surface area (TPSA) is 44.5 Å². The number of hydrogen-bond donors (Lipinski definition) is 1. The number of nitrogen functional groups attached to an aromatic ring is 1. The maximum absolute atomic E-state index is 13.7. The van der Waals surface area contributed by atoms with Crippen molar-refractivity contribution >= 4 is 37.5 Å². The number of nitrogens with two attached hydrogens (primary N) is 1. The highest BCUT2D eigenvalue weighted by atomic mass is 79.9. The number of hydrogen-bond acceptors (Lipinski definition) is 3. The van der Waals surface area contributed by atoms with Crippen molar-refractivity contribution in [3.63, 3.8) is 0 Å². The average molecular weight is 405 g/mol. The molecule has 106 valence electrons. The minimum Gasteiger partial charge on any atom is -0.496 e. The second-order valence-corrected chi connectivity index (χ2v) is 5.72. The molecule has 2 N–H and O–H groups in total. The van der Waals surface area contributed by atoms with Crippen molar-refractivity contribution in [3.05, 3.63) is 50.7 Å². The lowest BCUT2D eigenvalue weighted by atomic mass is 10.2. The molecular formula is C14H12Br2FNO2. The lowest BCUT2D eigenvalue weighted by Gasteiger charge is -2.12. The predicted molar refractivity (Wildman–Crippen MR) is 83.5 cm³/mol. The molecule has 0 unspecified atom stereocenters. The summed E-state index contributed by atoms with van der Waals surface area (Å²) in [6.45, 7) is 0.0515. The Labute approximate surface area is 133 Å². The lowest BCUT2D eigenvalue weighted by molar-refractivity contribution is 0.297. The van der Waals surface area contributed by atoms with Crippen LogP contribution in [0, 0.1) is 5.82 Å². The van der Waals surface area contributed by atoms with Crippen molar-refractivity contribution in [1.29, 1.82) is 0 Å². The normalized spacial score (nSPS) is 10.4. The first kappa shape index (κ1) is 15.1. The Morgan fingerprint density at radius 1 is 1.15 bits per heavy atom. The van der Waals surface area contributed by atoms with Crippen LogP contribution in [0.4, 0.5) is 10.1 Å². The molecular weight excluding hydrogens is 393 g/mol. The molecule has 20 heavy (non-hydrogen) atoms. The molecule has 0 aromatic heterocycles. The first-order chi connectivity index (χ1) is 9.52. The first-order valence-corrected chi connectivity index (χ1v) is 7.30. The summed E-state index contributed by atoms with van der Waals surface area (Å²) in [6.07, 6.45) is 0. The van der Waals surface area contributed by atoms with Gasteiger partial charge in [0.05, 0.1) is 16.1 Å². The molecule has 0 aliphatic carbocycles. The van der Waals surface area contributed by atoms with Gasteiger partial charge in [-0.2, -0.15) is 0 Å². The van der Waals surface area contributed by atoms with E-state index in [1.165, 1.54) is 6.07 Å². The Hall–Kier alpha value is -1.27. The molecule has 0 spiro atoms. The van der Waals surface area contributed by atoms with Crippen LogP contribution >= 0.6 is 31.9 Å². The van der Waals surface area contributed by atoms with Gasteiger partial charge in [0.15, 0.2) is 0 Å². The molecule has 2 rings (SSSR count). The van der Waals surface area contributed by atoms with E-state index in [-0.39, 0.29) is 12.4 Å². The van der Waals surface area contributed by atoms with Crippen molar-refractivity contribution in [1.82, 2.24) is 0 Å². The van der Waals surface area contributed by atoms with Gasteiger partial charge in [0.1, 0.15) is 23.9 Å². The minimum atomic E-state index is -0.381. The van der Waals surface area contributed by atoms with Crippen LogP contribution in [0.25, 0.3) is 0 Å². The molecule has 2 aromatic rings. The summed E-state index contributed by atoms with van der Waals surface area (Å²) in [5.41, 5.74) is 6.45. The van der Waals surface area contributed by atoms with Gasteiger partial charge in [-0.05, 0) is 56.1 Å². The maximum atomic E-state index is 13.7. The van der Waals surface area contributed by atoms with Gasteiger partial charge in [-0.15, -0.1) is 0 Å². The summed E-state index contributed by atoms with van der Waals surface area (Å²) in [4.78, 5) is 0.